The van der Waals surface area contributed by atoms with Crippen molar-refractivity contribution in [3.05, 3.63) is 41.7 Å². The second kappa shape index (κ2) is 5.97. The molecule has 4 heteroatoms. The Kier molecular flexibility index (Phi) is 4.32. The monoisotopic (exact) mass is 262 g/mol. The van der Waals surface area contributed by atoms with E-state index in [1.165, 1.54) is 12.1 Å². The van der Waals surface area contributed by atoms with Crippen molar-refractivity contribution in [1.82, 2.24) is 4.90 Å². The van der Waals surface area contributed by atoms with Crippen LogP contribution in [0.4, 0.5) is 4.39 Å². The highest BCUT2D eigenvalue weighted by Gasteiger charge is 2.24. The van der Waals surface area contributed by atoms with Gasteiger partial charge in [-0.25, -0.2) is 4.39 Å². The molecule has 1 fully saturated rings. The number of carbonyl (C=O) groups excluding carboxylic acids is 1. The Morgan fingerprint density at radius 2 is 2.26 bits per heavy atom. The van der Waals surface area contributed by atoms with Gasteiger partial charge in [0.15, 0.2) is 0 Å². The summed E-state index contributed by atoms with van der Waals surface area (Å²) < 4.78 is 13.6. The van der Waals surface area contributed by atoms with E-state index in [1.807, 2.05) is 0 Å². The van der Waals surface area contributed by atoms with E-state index in [2.05, 4.69) is 0 Å². The summed E-state index contributed by atoms with van der Waals surface area (Å²) in [4.78, 5) is 13.9. The predicted octanol–water partition coefficient (Wildman–Crippen LogP) is 2.04. The lowest BCUT2D eigenvalue weighted by molar-refractivity contribution is -0.125. The van der Waals surface area contributed by atoms with Crippen LogP contribution in [-0.2, 0) is 4.79 Å². The molecule has 102 valence electrons. The highest BCUT2D eigenvalue weighted by molar-refractivity contribution is 5.95. The smallest absolute Gasteiger partial charge is 0.246 e. The van der Waals surface area contributed by atoms with Crippen LogP contribution in [0, 0.1) is 11.7 Å². The van der Waals surface area contributed by atoms with Crippen molar-refractivity contribution in [2.75, 3.05) is 19.6 Å². The average Bonchev–Trinajstić information content (AvgIpc) is 2.88. The summed E-state index contributed by atoms with van der Waals surface area (Å²) in [5.74, 6) is 0.0353. The molecule has 1 heterocycles. The largest absolute Gasteiger partial charge is 0.339 e. The number of nitrogens with two attached hydrogens (primary N) is 1. The normalized spacial score (nSPS) is 19.8. The zero-order valence-electron chi connectivity index (χ0n) is 11.1. The van der Waals surface area contributed by atoms with E-state index in [4.69, 9.17) is 5.73 Å². The van der Waals surface area contributed by atoms with Crippen LogP contribution in [0.25, 0.3) is 5.57 Å². The maximum atomic E-state index is 13.6. The Hall–Kier alpha value is -1.68. The summed E-state index contributed by atoms with van der Waals surface area (Å²) in [7, 11) is 0. The maximum Gasteiger partial charge on any atom is 0.246 e. The summed E-state index contributed by atoms with van der Waals surface area (Å²) in [5, 5.41) is 0. The van der Waals surface area contributed by atoms with Gasteiger partial charge in [-0.2, -0.15) is 0 Å². The van der Waals surface area contributed by atoms with Crippen molar-refractivity contribution in [3.8, 4) is 0 Å². The molecule has 0 radical (unpaired) electrons. The minimum atomic E-state index is -0.301. The second-order valence-electron chi connectivity index (χ2n) is 4.98. The maximum absolute atomic E-state index is 13.6. The third kappa shape index (κ3) is 3.20. The molecule has 1 saturated heterocycles. The van der Waals surface area contributed by atoms with E-state index < -0.39 is 0 Å². The van der Waals surface area contributed by atoms with Gasteiger partial charge in [0, 0.05) is 24.7 Å². The summed E-state index contributed by atoms with van der Waals surface area (Å²) >= 11 is 0. The van der Waals surface area contributed by atoms with Crippen LogP contribution in [0.5, 0.6) is 0 Å². The van der Waals surface area contributed by atoms with Crippen molar-refractivity contribution in [3.63, 3.8) is 0 Å². The van der Waals surface area contributed by atoms with Crippen molar-refractivity contribution in [2.24, 2.45) is 11.7 Å². The van der Waals surface area contributed by atoms with Gasteiger partial charge in [-0.05, 0) is 37.4 Å². The van der Waals surface area contributed by atoms with Crippen LogP contribution >= 0.6 is 0 Å². The van der Waals surface area contributed by atoms with Gasteiger partial charge < -0.3 is 10.6 Å². The van der Waals surface area contributed by atoms with E-state index >= 15 is 0 Å². The second-order valence-corrected chi connectivity index (χ2v) is 4.98. The zero-order chi connectivity index (χ0) is 13.8. The number of amides is 1. The number of benzene rings is 1. The molecule has 1 amide bonds. The van der Waals surface area contributed by atoms with Gasteiger partial charge in [0.2, 0.25) is 5.91 Å². The van der Waals surface area contributed by atoms with Crippen LogP contribution in [0.15, 0.2) is 30.3 Å². The molecule has 1 aliphatic rings. The molecule has 1 aromatic rings. The quantitative estimate of drug-likeness (QED) is 0.847. The third-order valence-corrected chi connectivity index (χ3v) is 3.57. The fraction of sp³-hybridized carbons (Fsp3) is 0.400. The molecule has 1 aliphatic heterocycles. The summed E-state index contributed by atoms with van der Waals surface area (Å²) in [6.45, 7) is 3.81. The summed E-state index contributed by atoms with van der Waals surface area (Å²) in [6.07, 6.45) is 2.46. The number of halogens is 1. The lowest BCUT2D eigenvalue weighted by atomic mass is 10.1. The van der Waals surface area contributed by atoms with E-state index in [0.29, 0.717) is 30.1 Å². The van der Waals surface area contributed by atoms with Crippen LogP contribution in [0.2, 0.25) is 0 Å². The number of hydrogen-bond acceptors (Lipinski definition) is 2. The van der Waals surface area contributed by atoms with Gasteiger partial charge in [0.05, 0.1) is 0 Å². The molecule has 3 nitrogen and oxygen atoms in total. The lowest BCUT2D eigenvalue weighted by Crippen LogP contribution is -2.28. The van der Waals surface area contributed by atoms with E-state index in [0.717, 1.165) is 13.0 Å². The van der Waals surface area contributed by atoms with E-state index in [-0.39, 0.29) is 11.7 Å². The Bertz CT molecular complexity index is 499. The first-order valence-corrected chi connectivity index (χ1v) is 6.54. The summed E-state index contributed by atoms with van der Waals surface area (Å²) in [6, 6.07) is 6.49. The first kappa shape index (κ1) is 13.7. The lowest BCUT2D eigenvalue weighted by Gasteiger charge is -2.14. The van der Waals surface area contributed by atoms with Gasteiger partial charge >= 0.3 is 0 Å². The van der Waals surface area contributed by atoms with Gasteiger partial charge in [-0.3, -0.25) is 4.79 Å². The van der Waals surface area contributed by atoms with Gasteiger partial charge in [-0.15, -0.1) is 0 Å². The number of allylic oxidation sites excluding steroid dienone is 1. The Labute approximate surface area is 112 Å². The minimum Gasteiger partial charge on any atom is -0.339 e. The van der Waals surface area contributed by atoms with Crippen LogP contribution in [-0.4, -0.2) is 30.4 Å². The highest BCUT2D eigenvalue weighted by Crippen LogP contribution is 2.20. The number of nitrogens with zero attached hydrogens (tertiary/aromatic N) is 1. The molecule has 1 aromatic carbocycles. The number of carbonyl (C=O) groups is 1. The van der Waals surface area contributed by atoms with Crippen molar-refractivity contribution in [2.45, 2.75) is 13.3 Å². The van der Waals surface area contributed by atoms with Crippen LogP contribution in [0.1, 0.15) is 18.9 Å². The van der Waals surface area contributed by atoms with Crippen LogP contribution < -0.4 is 5.73 Å². The zero-order valence-corrected chi connectivity index (χ0v) is 11.1. The predicted molar refractivity (Wildman–Crippen MR) is 73.8 cm³/mol. The van der Waals surface area contributed by atoms with Gasteiger partial charge in [0.1, 0.15) is 5.82 Å². The Morgan fingerprint density at radius 1 is 1.53 bits per heavy atom. The topological polar surface area (TPSA) is 46.3 Å². The minimum absolute atomic E-state index is 0.0586. The van der Waals surface area contributed by atoms with E-state index in [1.54, 1.807) is 30.0 Å². The molecule has 2 N–H and O–H groups in total. The van der Waals surface area contributed by atoms with E-state index in [9.17, 15) is 9.18 Å². The van der Waals surface area contributed by atoms with Crippen molar-refractivity contribution in [1.29, 1.82) is 0 Å². The standard InChI is InChI=1S/C15H19FN2O/c1-11(13-4-2-3-5-14(13)16)8-15(19)18-7-6-12(9-17)10-18/h2-5,8,12H,6-7,9-10,17H2,1H3/b11-8+. The molecule has 0 saturated carbocycles. The average molecular weight is 262 g/mol. The first-order chi connectivity index (χ1) is 9.11. The Morgan fingerprint density at radius 3 is 2.89 bits per heavy atom. The number of likely N-dealkylation sites (tertiary alicyclic amines) is 1. The molecule has 1 atom stereocenters. The number of hydrogen-bond donors (Lipinski definition) is 1. The first-order valence-electron chi connectivity index (χ1n) is 6.54. The molecule has 0 spiro atoms. The molecule has 2 rings (SSSR count). The van der Waals surface area contributed by atoms with Crippen LogP contribution in [0.3, 0.4) is 0 Å². The fourth-order valence-corrected chi connectivity index (χ4v) is 2.36. The molecule has 0 aliphatic carbocycles. The molecular weight excluding hydrogens is 243 g/mol. The molecule has 1 unspecified atom stereocenters. The third-order valence-electron chi connectivity index (χ3n) is 3.57. The molecular formula is C15H19FN2O. The van der Waals surface area contributed by atoms with Gasteiger partial charge in [0.25, 0.3) is 0 Å². The van der Waals surface area contributed by atoms with Crippen molar-refractivity contribution < 1.29 is 9.18 Å². The van der Waals surface area contributed by atoms with Crippen molar-refractivity contribution >= 4 is 11.5 Å². The Balaban J connectivity index is 2.09. The molecule has 0 aromatic heterocycles. The molecule has 0 bridgehead atoms. The fourth-order valence-electron chi connectivity index (χ4n) is 2.36. The highest BCUT2D eigenvalue weighted by atomic mass is 19.1. The SMILES string of the molecule is C/C(=C\C(=O)N1CCC(CN)C1)c1ccccc1F. The summed E-state index contributed by atoms with van der Waals surface area (Å²) in [5.41, 5.74) is 6.73. The molecule has 19 heavy (non-hydrogen) atoms. The van der Waals surface area contributed by atoms with Gasteiger partial charge in [-0.1, -0.05) is 18.2 Å². The number of rotatable bonds is 3.